The predicted octanol–water partition coefficient (Wildman–Crippen LogP) is 3.78. The Labute approximate surface area is 157 Å². The molecule has 2 amide bonds. The quantitative estimate of drug-likeness (QED) is 0.782. The van der Waals surface area contributed by atoms with Crippen LogP contribution in [0.5, 0.6) is 0 Å². The fourth-order valence-corrected chi connectivity index (χ4v) is 2.71. The van der Waals surface area contributed by atoms with Gasteiger partial charge in [0.15, 0.2) is 5.78 Å². The molecule has 0 aliphatic rings. The van der Waals surface area contributed by atoms with Crippen LogP contribution in [0.25, 0.3) is 0 Å². The summed E-state index contributed by atoms with van der Waals surface area (Å²) in [6, 6.07) is 13.3. The molecule has 6 heteroatoms. The number of primary amides is 1. The number of ketones is 1. The molecule has 0 saturated carbocycles. The van der Waals surface area contributed by atoms with Crippen LogP contribution in [0.2, 0.25) is 5.02 Å². The van der Waals surface area contributed by atoms with Crippen LogP contribution in [-0.4, -0.2) is 17.6 Å². The van der Waals surface area contributed by atoms with Crippen LogP contribution in [0.15, 0.2) is 48.5 Å². The van der Waals surface area contributed by atoms with Crippen LogP contribution in [0, 0.1) is 5.41 Å². The highest BCUT2D eigenvalue weighted by Gasteiger charge is 2.36. The molecule has 2 rings (SSSR count). The largest absolute Gasteiger partial charge is 0.366 e. The molecule has 1 atom stereocenters. The maximum Gasteiger partial charge on any atom is 0.250 e. The van der Waals surface area contributed by atoms with Crippen molar-refractivity contribution in [1.29, 1.82) is 0 Å². The first-order valence-corrected chi connectivity index (χ1v) is 8.48. The first-order valence-electron chi connectivity index (χ1n) is 8.10. The Balaban J connectivity index is 2.48. The molecule has 136 valence electrons. The van der Waals surface area contributed by atoms with Crippen LogP contribution < -0.4 is 11.1 Å². The number of benzene rings is 2. The van der Waals surface area contributed by atoms with E-state index in [4.69, 9.17) is 17.3 Å². The third-order valence-corrected chi connectivity index (χ3v) is 4.22. The van der Waals surface area contributed by atoms with Crippen molar-refractivity contribution in [1.82, 2.24) is 0 Å². The zero-order chi connectivity index (χ0) is 19.5. The number of nitrogens with one attached hydrogen (secondary N) is 1. The molecule has 26 heavy (non-hydrogen) atoms. The average Bonchev–Trinajstić information content (AvgIpc) is 2.56. The van der Waals surface area contributed by atoms with Crippen LogP contribution in [0.1, 0.15) is 42.6 Å². The smallest absolute Gasteiger partial charge is 0.250 e. The van der Waals surface area contributed by atoms with Crippen LogP contribution in [0.4, 0.5) is 5.69 Å². The SMILES string of the molecule is CC(C)(C)C(=O)C(C(=O)Nc1ccccc1)c1ccc(Cl)c(C(N)=O)c1. The molecular formula is C20H21ClN2O3. The van der Waals surface area contributed by atoms with E-state index in [0.717, 1.165) is 0 Å². The molecule has 3 N–H and O–H groups in total. The van der Waals surface area contributed by atoms with E-state index >= 15 is 0 Å². The molecule has 2 aromatic carbocycles. The van der Waals surface area contributed by atoms with Crippen molar-refractivity contribution >= 4 is 34.9 Å². The summed E-state index contributed by atoms with van der Waals surface area (Å²) in [6.07, 6.45) is 0. The number of hydrogen-bond donors (Lipinski definition) is 2. The molecule has 0 fully saturated rings. The molecule has 0 heterocycles. The van der Waals surface area contributed by atoms with E-state index < -0.39 is 23.1 Å². The fraction of sp³-hybridized carbons (Fsp3) is 0.250. The zero-order valence-corrected chi connectivity index (χ0v) is 15.6. The van der Waals surface area contributed by atoms with Crippen molar-refractivity contribution in [2.45, 2.75) is 26.7 Å². The number of amides is 2. The van der Waals surface area contributed by atoms with E-state index in [-0.39, 0.29) is 16.4 Å². The fourth-order valence-electron chi connectivity index (χ4n) is 2.50. The maximum atomic E-state index is 13.0. The van der Waals surface area contributed by atoms with Gasteiger partial charge < -0.3 is 11.1 Å². The van der Waals surface area contributed by atoms with Gasteiger partial charge in [-0.25, -0.2) is 0 Å². The van der Waals surface area contributed by atoms with Crippen LogP contribution >= 0.6 is 11.6 Å². The number of para-hydroxylation sites is 1. The van der Waals surface area contributed by atoms with Crippen molar-refractivity contribution in [2.75, 3.05) is 5.32 Å². The molecule has 2 aromatic rings. The molecule has 0 bridgehead atoms. The van der Waals surface area contributed by atoms with Gasteiger partial charge in [0, 0.05) is 11.1 Å². The molecule has 0 aliphatic heterocycles. The van der Waals surface area contributed by atoms with Gasteiger partial charge in [0.1, 0.15) is 5.92 Å². The monoisotopic (exact) mass is 372 g/mol. The van der Waals surface area contributed by atoms with E-state index in [1.165, 1.54) is 12.1 Å². The molecule has 0 saturated heterocycles. The minimum absolute atomic E-state index is 0.0726. The van der Waals surface area contributed by atoms with Crippen molar-refractivity contribution in [2.24, 2.45) is 11.1 Å². The van der Waals surface area contributed by atoms with Crippen molar-refractivity contribution in [3.63, 3.8) is 0 Å². The average molecular weight is 373 g/mol. The Morgan fingerprint density at radius 3 is 2.19 bits per heavy atom. The number of hydrogen-bond acceptors (Lipinski definition) is 3. The first kappa shape index (κ1) is 19.7. The number of halogens is 1. The van der Waals surface area contributed by atoms with Gasteiger partial charge in [-0.1, -0.05) is 56.6 Å². The second-order valence-corrected chi connectivity index (χ2v) is 7.41. The Morgan fingerprint density at radius 1 is 1.04 bits per heavy atom. The lowest BCUT2D eigenvalue weighted by Gasteiger charge is -2.25. The third kappa shape index (κ3) is 4.49. The van der Waals surface area contributed by atoms with Gasteiger partial charge in [-0.2, -0.15) is 0 Å². The highest BCUT2D eigenvalue weighted by atomic mass is 35.5. The van der Waals surface area contributed by atoms with Crippen molar-refractivity contribution < 1.29 is 14.4 Å². The zero-order valence-electron chi connectivity index (χ0n) is 14.9. The molecule has 5 nitrogen and oxygen atoms in total. The molecule has 1 unspecified atom stereocenters. The van der Waals surface area contributed by atoms with E-state index in [9.17, 15) is 14.4 Å². The van der Waals surface area contributed by atoms with Crippen LogP contribution in [-0.2, 0) is 9.59 Å². The van der Waals surface area contributed by atoms with Gasteiger partial charge in [-0.15, -0.1) is 0 Å². The third-order valence-electron chi connectivity index (χ3n) is 3.89. The van der Waals surface area contributed by atoms with Crippen LogP contribution in [0.3, 0.4) is 0 Å². The lowest BCUT2D eigenvalue weighted by atomic mass is 9.79. The number of carbonyl (C=O) groups is 3. The van der Waals surface area contributed by atoms with Gasteiger partial charge >= 0.3 is 0 Å². The highest BCUT2D eigenvalue weighted by Crippen LogP contribution is 2.31. The predicted molar refractivity (Wildman–Crippen MR) is 102 cm³/mol. The number of carbonyl (C=O) groups excluding carboxylic acids is 3. The molecule has 0 aliphatic carbocycles. The summed E-state index contributed by atoms with van der Waals surface area (Å²) < 4.78 is 0. The minimum Gasteiger partial charge on any atom is -0.366 e. The lowest BCUT2D eigenvalue weighted by molar-refractivity contribution is -0.132. The Kier molecular flexibility index (Phi) is 5.83. The molecule has 0 spiro atoms. The standard InChI is InChI=1S/C20H21ClN2O3/c1-20(2,3)17(24)16(19(26)23-13-7-5-4-6-8-13)12-9-10-15(21)14(11-12)18(22)25/h4-11,16H,1-3H3,(H2,22,25)(H,23,26). The second kappa shape index (κ2) is 7.70. The summed E-state index contributed by atoms with van der Waals surface area (Å²) in [4.78, 5) is 37.4. The lowest BCUT2D eigenvalue weighted by Crippen LogP contribution is -2.35. The van der Waals surface area contributed by atoms with Gasteiger partial charge in [-0.3, -0.25) is 14.4 Å². The van der Waals surface area contributed by atoms with Gasteiger partial charge in [0.05, 0.1) is 10.6 Å². The summed E-state index contributed by atoms with van der Waals surface area (Å²) in [7, 11) is 0. The number of Topliss-reactive ketones (excluding diaryl/α,β-unsaturated/α-hetero) is 1. The number of rotatable bonds is 5. The topological polar surface area (TPSA) is 89.3 Å². The summed E-state index contributed by atoms with van der Waals surface area (Å²) in [5, 5.41) is 2.92. The summed E-state index contributed by atoms with van der Waals surface area (Å²) in [5.41, 5.74) is 5.60. The molecule has 0 radical (unpaired) electrons. The van der Waals surface area contributed by atoms with Gasteiger partial charge in [0.25, 0.3) is 0 Å². The first-order chi connectivity index (χ1) is 12.1. The Hall–Kier alpha value is -2.66. The maximum absolute atomic E-state index is 13.0. The summed E-state index contributed by atoms with van der Waals surface area (Å²) in [5.74, 6) is -2.56. The van der Waals surface area contributed by atoms with E-state index in [1.54, 1.807) is 51.1 Å². The Morgan fingerprint density at radius 2 is 1.65 bits per heavy atom. The van der Waals surface area contributed by atoms with E-state index in [1.807, 2.05) is 6.07 Å². The summed E-state index contributed by atoms with van der Waals surface area (Å²) in [6.45, 7) is 5.22. The number of nitrogens with two attached hydrogens (primary N) is 1. The molecular weight excluding hydrogens is 352 g/mol. The minimum atomic E-state index is -1.09. The second-order valence-electron chi connectivity index (χ2n) is 7.01. The van der Waals surface area contributed by atoms with Crippen molar-refractivity contribution in [3.8, 4) is 0 Å². The highest BCUT2D eigenvalue weighted by molar-refractivity contribution is 6.33. The van der Waals surface area contributed by atoms with Gasteiger partial charge in [-0.05, 0) is 29.8 Å². The normalized spacial score (nSPS) is 12.3. The van der Waals surface area contributed by atoms with Crippen molar-refractivity contribution in [3.05, 3.63) is 64.7 Å². The Bertz CT molecular complexity index is 842. The molecule has 0 aromatic heterocycles. The number of anilines is 1. The van der Waals surface area contributed by atoms with E-state index in [2.05, 4.69) is 5.32 Å². The van der Waals surface area contributed by atoms with E-state index in [0.29, 0.717) is 11.3 Å². The summed E-state index contributed by atoms with van der Waals surface area (Å²) >= 11 is 5.99. The van der Waals surface area contributed by atoms with Gasteiger partial charge in [0.2, 0.25) is 11.8 Å².